The minimum absolute atomic E-state index is 0. The molecule has 21 heavy (non-hydrogen) atoms. The third-order valence-corrected chi connectivity index (χ3v) is 3.60. The maximum atomic E-state index is 3.63. The zero-order valence-electron chi connectivity index (χ0n) is 13.6. The number of allylic oxidation sites excluding steroid dienone is 8. The SMILES string of the molecule is CCC1=[C-]C(CC)C(CC)=C1CC.[C-]1=CC=CC1.[Cl-].[Cl-].[Zr+4]. The first-order valence-corrected chi connectivity index (χ1v) is 7.34. The fourth-order valence-electron chi connectivity index (χ4n) is 2.69. The van der Waals surface area contributed by atoms with E-state index in [1.54, 1.807) is 11.1 Å². The molecule has 1 atom stereocenters. The molecule has 0 bridgehead atoms. The number of halogens is 2. The van der Waals surface area contributed by atoms with Crippen molar-refractivity contribution in [3.63, 3.8) is 0 Å². The van der Waals surface area contributed by atoms with E-state index in [1.807, 2.05) is 12.2 Å². The van der Waals surface area contributed by atoms with Crippen LogP contribution in [0.25, 0.3) is 0 Å². The molecule has 0 saturated carbocycles. The van der Waals surface area contributed by atoms with Crippen molar-refractivity contribution in [3.8, 4) is 0 Å². The van der Waals surface area contributed by atoms with Crippen LogP contribution in [0.2, 0.25) is 0 Å². The van der Waals surface area contributed by atoms with Crippen molar-refractivity contribution in [3.05, 3.63) is 47.1 Å². The van der Waals surface area contributed by atoms with E-state index in [-0.39, 0.29) is 51.0 Å². The van der Waals surface area contributed by atoms with E-state index < -0.39 is 0 Å². The summed E-state index contributed by atoms with van der Waals surface area (Å²) in [5, 5.41) is 0. The van der Waals surface area contributed by atoms with Gasteiger partial charge in [-0.3, -0.25) is 12.2 Å². The molecule has 3 heteroatoms. The van der Waals surface area contributed by atoms with Crippen LogP contribution in [0.4, 0.5) is 0 Å². The van der Waals surface area contributed by atoms with Crippen LogP contribution in [0.15, 0.2) is 34.9 Å². The molecular weight excluding hydrogens is 378 g/mol. The molecule has 0 amide bonds. The van der Waals surface area contributed by atoms with Gasteiger partial charge in [0.2, 0.25) is 0 Å². The van der Waals surface area contributed by atoms with Gasteiger partial charge in [-0.25, -0.2) is 17.7 Å². The molecule has 0 nitrogen and oxygen atoms in total. The third-order valence-electron chi connectivity index (χ3n) is 3.60. The van der Waals surface area contributed by atoms with Gasteiger partial charge in [0.1, 0.15) is 0 Å². The molecule has 0 N–H and O–H groups in total. The number of hydrogen-bond donors (Lipinski definition) is 0. The van der Waals surface area contributed by atoms with Crippen LogP contribution >= 0.6 is 0 Å². The van der Waals surface area contributed by atoms with Crippen LogP contribution in [0, 0.1) is 18.1 Å². The summed E-state index contributed by atoms with van der Waals surface area (Å²) in [4.78, 5) is 0. The Labute approximate surface area is 163 Å². The van der Waals surface area contributed by atoms with E-state index in [1.165, 1.54) is 24.8 Å². The molecule has 116 valence electrons. The Hall–Kier alpha value is 0.423. The molecule has 2 aliphatic rings. The molecule has 1 unspecified atom stereocenters. The molecule has 0 aromatic heterocycles. The molecule has 0 aromatic rings. The molecule has 0 heterocycles. The van der Waals surface area contributed by atoms with Gasteiger partial charge >= 0.3 is 26.2 Å². The Bertz CT molecular complexity index is 369. The molecule has 0 saturated heterocycles. The molecule has 0 fully saturated rings. The van der Waals surface area contributed by atoms with Gasteiger partial charge in [-0.2, -0.15) is 17.2 Å². The van der Waals surface area contributed by atoms with Gasteiger partial charge < -0.3 is 24.8 Å². The molecular formula is C18H26Cl2Zr. The monoisotopic (exact) mass is 402 g/mol. The van der Waals surface area contributed by atoms with Gasteiger partial charge in [-0.1, -0.05) is 59.3 Å². The fourth-order valence-corrected chi connectivity index (χ4v) is 2.69. The Kier molecular flexibility index (Phi) is 19.2. The first kappa shape index (κ1) is 26.3. The first-order chi connectivity index (χ1) is 8.78. The van der Waals surface area contributed by atoms with Crippen LogP contribution in [0.5, 0.6) is 0 Å². The van der Waals surface area contributed by atoms with Crippen LogP contribution in [-0.4, -0.2) is 0 Å². The van der Waals surface area contributed by atoms with Crippen molar-refractivity contribution in [1.82, 2.24) is 0 Å². The number of rotatable bonds is 4. The van der Waals surface area contributed by atoms with E-state index in [9.17, 15) is 0 Å². The first-order valence-electron chi connectivity index (χ1n) is 7.34. The van der Waals surface area contributed by atoms with Crippen LogP contribution < -0.4 is 24.8 Å². The summed E-state index contributed by atoms with van der Waals surface area (Å²) in [5.41, 5.74) is 4.75. The van der Waals surface area contributed by atoms with Crippen molar-refractivity contribution in [1.29, 1.82) is 0 Å². The number of hydrogen-bond acceptors (Lipinski definition) is 0. The van der Waals surface area contributed by atoms with E-state index in [2.05, 4.69) is 45.9 Å². The van der Waals surface area contributed by atoms with Gasteiger partial charge in [-0.05, 0) is 0 Å². The zero-order valence-corrected chi connectivity index (χ0v) is 17.6. The fraction of sp³-hybridized carbons (Fsp3) is 0.556. The molecule has 0 spiro atoms. The standard InChI is InChI=1S/C13H21.C5H5.2ClH.Zr/c1-5-10-9-11(6-2)13(8-4)12(10)7-3;1-2-4-5-3-1;;;/h10H,5-8H2,1-4H3;1-3H,4H2;2*1H;/q2*-1;;;+4/p-2. The largest absolute Gasteiger partial charge is 4.00 e. The minimum atomic E-state index is 0. The van der Waals surface area contributed by atoms with E-state index in [0.717, 1.165) is 12.8 Å². The summed E-state index contributed by atoms with van der Waals surface area (Å²) in [6, 6.07) is 0. The summed E-state index contributed by atoms with van der Waals surface area (Å²) in [6.07, 6.45) is 18.4. The van der Waals surface area contributed by atoms with Crippen LogP contribution in [0.1, 0.15) is 59.8 Å². The quantitative estimate of drug-likeness (QED) is 0.559. The zero-order chi connectivity index (χ0) is 13.4. The maximum absolute atomic E-state index is 3.63. The molecule has 2 aliphatic carbocycles. The second-order valence-electron chi connectivity index (χ2n) is 4.65. The summed E-state index contributed by atoms with van der Waals surface area (Å²) < 4.78 is 0. The van der Waals surface area contributed by atoms with Gasteiger partial charge in [0.25, 0.3) is 0 Å². The molecule has 0 radical (unpaired) electrons. The second-order valence-corrected chi connectivity index (χ2v) is 4.65. The summed E-state index contributed by atoms with van der Waals surface area (Å²) >= 11 is 0. The van der Waals surface area contributed by atoms with E-state index in [4.69, 9.17) is 0 Å². The van der Waals surface area contributed by atoms with Crippen LogP contribution in [-0.2, 0) is 26.2 Å². The van der Waals surface area contributed by atoms with Crippen molar-refractivity contribution in [2.45, 2.75) is 59.8 Å². The predicted octanol–water partition coefficient (Wildman–Crippen LogP) is -0.406. The summed E-state index contributed by atoms with van der Waals surface area (Å²) in [5.74, 6) is 0.634. The average Bonchev–Trinajstić information content (AvgIpc) is 3.08. The van der Waals surface area contributed by atoms with Crippen molar-refractivity contribution in [2.24, 2.45) is 5.92 Å². The Morgan fingerprint density at radius 3 is 2.00 bits per heavy atom. The Balaban J connectivity index is -0.000000349. The topological polar surface area (TPSA) is 0 Å². The maximum Gasteiger partial charge on any atom is 4.00 e. The smallest absolute Gasteiger partial charge is 1.00 e. The third kappa shape index (κ3) is 8.01. The van der Waals surface area contributed by atoms with Gasteiger partial charge in [0.05, 0.1) is 0 Å². The second kappa shape index (κ2) is 15.3. The van der Waals surface area contributed by atoms with E-state index >= 15 is 0 Å². The molecule has 0 aliphatic heterocycles. The van der Waals surface area contributed by atoms with Crippen molar-refractivity contribution >= 4 is 0 Å². The Morgan fingerprint density at radius 2 is 1.71 bits per heavy atom. The van der Waals surface area contributed by atoms with Gasteiger partial charge in [0.15, 0.2) is 0 Å². The normalized spacial score (nSPS) is 18.1. The van der Waals surface area contributed by atoms with Gasteiger partial charge in [0, 0.05) is 0 Å². The summed E-state index contributed by atoms with van der Waals surface area (Å²) in [7, 11) is 0. The Morgan fingerprint density at radius 1 is 1.05 bits per heavy atom. The predicted molar refractivity (Wildman–Crippen MR) is 80.0 cm³/mol. The van der Waals surface area contributed by atoms with E-state index in [0.29, 0.717) is 5.92 Å². The van der Waals surface area contributed by atoms with Gasteiger partial charge in [-0.15, -0.1) is 6.42 Å². The molecule has 0 aromatic carbocycles. The average molecular weight is 405 g/mol. The summed E-state index contributed by atoms with van der Waals surface area (Å²) in [6.45, 7) is 9.04. The van der Waals surface area contributed by atoms with Crippen LogP contribution in [0.3, 0.4) is 0 Å². The minimum Gasteiger partial charge on any atom is -1.00 e. The van der Waals surface area contributed by atoms with Crippen molar-refractivity contribution < 1.29 is 51.0 Å². The van der Waals surface area contributed by atoms with Crippen molar-refractivity contribution in [2.75, 3.05) is 0 Å². The molecule has 2 rings (SSSR count).